The van der Waals surface area contributed by atoms with Crippen LogP contribution >= 0.6 is 0 Å². The van der Waals surface area contributed by atoms with E-state index < -0.39 is 0 Å². The zero-order valence-corrected chi connectivity index (χ0v) is 10.3. The van der Waals surface area contributed by atoms with E-state index >= 15 is 0 Å². The summed E-state index contributed by atoms with van der Waals surface area (Å²) in [6.45, 7) is 2.14. The second-order valence-corrected chi connectivity index (χ2v) is 4.40. The minimum atomic E-state index is 0.356. The smallest absolute Gasteiger partial charge is 0.108 e. The van der Waals surface area contributed by atoms with Crippen LogP contribution in [0.15, 0.2) is 28.4 Å². The number of nitrogens with one attached hydrogen (secondary N) is 1. The first-order valence-electron chi connectivity index (χ1n) is 6.29. The zero-order chi connectivity index (χ0) is 11.4. The quantitative estimate of drug-likeness (QED) is 0.783. The van der Waals surface area contributed by atoms with Crippen LogP contribution in [0.4, 0.5) is 0 Å². The van der Waals surface area contributed by atoms with Crippen molar-refractivity contribution >= 4 is 0 Å². The summed E-state index contributed by atoms with van der Waals surface area (Å²) in [6, 6.07) is 2.46. The topological polar surface area (TPSA) is 25.2 Å². The van der Waals surface area contributed by atoms with Gasteiger partial charge in [-0.1, -0.05) is 18.6 Å². The first kappa shape index (κ1) is 11.5. The van der Waals surface area contributed by atoms with Crippen LogP contribution in [-0.4, -0.2) is 7.05 Å². The van der Waals surface area contributed by atoms with E-state index in [0.29, 0.717) is 6.04 Å². The molecule has 1 N–H and O–H groups in total. The van der Waals surface area contributed by atoms with Gasteiger partial charge < -0.3 is 9.73 Å². The molecule has 2 heteroatoms. The van der Waals surface area contributed by atoms with Crippen LogP contribution in [0, 0.1) is 0 Å². The van der Waals surface area contributed by atoms with Crippen molar-refractivity contribution in [1.29, 1.82) is 0 Å². The summed E-state index contributed by atoms with van der Waals surface area (Å²) >= 11 is 0. The van der Waals surface area contributed by atoms with Gasteiger partial charge in [0.05, 0.1) is 12.3 Å². The van der Waals surface area contributed by atoms with E-state index in [4.69, 9.17) is 4.42 Å². The highest BCUT2D eigenvalue weighted by molar-refractivity contribution is 5.30. The molecule has 1 unspecified atom stereocenters. The van der Waals surface area contributed by atoms with Crippen molar-refractivity contribution in [3.05, 3.63) is 35.3 Å². The summed E-state index contributed by atoms with van der Waals surface area (Å²) in [4.78, 5) is 0. The van der Waals surface area contributed by atoms with Crippen LogP contribution in [0.5, 0.6) is 0 Å². The van der Waals surface area contributed by atoms with Gasteiger partial charge in [0.1, 0.15) is 5.76 Å². The Bertz CT molecular complexity index is 365. The summed E-state index contributed by atoms with van der Waals surface area (Å²) in [6.07, 6.45) is 10.3. The van der Waals surface area contributed by atoms with E-state index in [1.54, 1.807) is 0 Å². The molecule has 0 aromatic carbocycles. The molecule has 1 aromatic rings. The van der Waals surface area contributed by atoms with Crippen LogP contribution in [0.3, 0.4) is 0 Å². The van der Waals surface area contributed by atoms with Gasteiger partial charge in [-0.2, -0.15) is 0 Å². The van der Waals surface area contributed by atoms with Crippen LogP contribution in [-0.2, 0) is 6.42 Å². The lowest BCUT2D eigenvalue weighted by molar-refractivity contribution is 0.500. The number of likely N-dealkylation sites (N-methyl/N-ethyl adjacent to an activating group) is 1. The van der Waals surface area contributed by atoms with Crippen molar-refractivity contribution in [2.45, 2.75) is 45.1 Å². The Morgan fingerprint density at radius 1 is 1.44 bits per heavy atom. The number of hydrogen-bond acceptors (Lipinski definition) is 2. The Labute approximate surface area is 97.7 Å². The van der Waals surface area contributed by atoms with Gasteiger partial charge >= 0.3 is 0 Å². The predicted molar refractivity (Wildman–Crippen MR) is 66.4 cm³/mol. The lowest BCUT2D eigenvalue weighted by Crippen LogP contribution is -2.20. The molecule has 0 saturated heterocycles. The third-order valence-electron chi connectivity index (χ3n) is 3.40. The van der Waals surface area contributed by atoms with Crippen molar-refractivity contribution in [3.63, 3.8) is 0 Å². The third kappa shape index (κ3) is 2.22. The Kier molecular flexibility index (Phi) is 3.83. The van der Waals surface area contributed by atoms with Crippen LogP contribution < -0.4 is 5.32 Å². The maximum Gasteiger partial charge on any atom is 0.108 e. The first-order valence-corrected chi connectivity index (χ1v) is 6.29. The van der Waals surface area contributed by atoms with Gasteiger partial charge in [-0.15, -0.1) is 0 Å². The number of aryl methyl sites for hydroxylation is 1. The predicted octanol–water partition coefficient (Wildman–Crippen LogP) is 3.60. The monoisotopic (exact) mass is 219 g/mol. The lowest BCUT2D eigenvalue weighted by atomic mass is 9.90. The van der Waals surface area contributed by atoms with Crippen molar-refractivity contribution < 1.29 is 4.42 Å². The Hall–Kier alpha value is -1.02. The van der Waals surface area contributed by atoms with E-state index in [-0.39, 0.29) is 0 Å². The van der Waals surface area contributed by atoms with Crippen LogP contribution in [0.2, 0.25) is 0 Å². The molecule has 0 spiro atoms. The van der Waals surface area contributed by atoms with E-state index in [1.165, 1.54) is 36.8 Å². The molecule has 0 fully saturated rings. The largest absolute Gasteiger partial charge is 0.469 e. The summed E-state index contributed by atoms with van der Waals surface area (Å²) < 4.78 is 5.52. The van der Waals surface area contributed by atoms with Crippen molar-refractivity contribution in [3.8, 4) is 0 Å². The molecular weight excluding hydrogens is 198 g/mol. The van der Waals surface area contributed by atoms with Crippen molar-refractivity contribution in [2.24, 2.45) is 0 Å². The third-order valence-corrected chi connectivity index (χ3v) is 3.40. The maximum atomic E-state index is 5.52. The SMILES string of the molecule is CCc1occc1C(NC)C1=CCCCC1. The number of allylic oxidation sites excluding steroid dienone is 1. The van der Waals surface area contributed by atoms with E-state index in [9.17, 15) is 0 Å². The second kappa shape index (κ2) is 5.35. The van der Waals surface area contributed by atoms with Crippen LogP contribution in [0.1, 0.15) is 50.0 Å². The fourth-order valence-corrected chi connectivity index (χ4v) is 2.56. The van der Waals surface area contributed by atoms with E-state index in [2.05, 4.69) is 24.4 Å². The molecule has 16 heavy (non-hydrogen) atoms. The molecule has 1 aliphatic rings. The van der Waals surface area contributed by atoms with Gasteiger partial charge in [-0.05, 0) is 38.8 Å². The molecule has 2 nitrogen and oxygen atoms in total. The summed E-state index contributed by atoms with van der Waals surface area (Å²) in [5, 5.41) is 3.42. The van der Waals surface area contributed by atoms with Crippen LogP contribution in [0.25, 0.3) is 0 Å². The molecule has 1 aliphatic carbocycles. The molecule has 2 rings (SSSR count). The summed E-state index contributed by atoms with van der Waals surface area (Å²) in [5.74, 6) is 1.12. The molecule has 0 radical (unpaired) electrons. The Balaban J connectivity index is 2.24. The fraction of sp³-hybridized carbons (Fsp3) is 0.571. The normalized spacial score (nSPS) is 18.2. The first-order chi connectivity index (χ1) is 7.86. The van der Waals surface area contributed by atoms with Gasteiger partial charge in [-0.3, -0.25) is 0 Å². The second-order valence-electron chi connectivity index (χ2n) is 4.40. The summed E-state index contributed by atoms with van der Waals surface area (Å²) in [7, 11) is 2.03. The van der Waals surface area contributed by atoms with Gasteiger partial charge in [0.15, 0.2) is 0 Å². The minimum absolute atomic E-state index is 0.356. The number of rotatable bonds is 4. The van der Waals surface area contributed by atoms with Gasteiger partial charge in [0, 0.05) is 12.0 Å². The Morgan fingerprint density at radius 3 is 2.94 bits per heavy atom. The van der Waals surface area contributed by atoms with Crippen molar-refractivity contribution in [1.82, 2.24) is 5.32 Å². The fourth-order valence-electron chi connectivity index (χ4n) is 2.56. The minimum Gasteiger partial charge on any atom is -0.469 e. The standard InChI is InChI=1S/C14H21NO/c1-3-13-12(9-10-16-13)14(15-2)11-7-5-4-6-8-11/h7,9-10,14-15H,3-6,8H2,1-2H3. The van der Waals surface area contributed by atoms with Crippen molar-refractivity contribution in [2.75, 3.05) is 7.05 Å². The average molecular weight is 219 g/mol. The molecule has 1 heterocycles. The average Bonchev–Trinajstić information content (AvgIpc) is 2.80. The zero-order valence-electron chi connectivity index (χ0n) is 10.3. The van der Waals surface area contributed by atoms with E-state index in [1.807, 2.05) is 13.3 Å². The summed E-state index contributed by atoms with van der Waals surface area (Å²) in [5.41, 5.74) is 2.85. The molecular formula is C14H21NO. The molecule has 0 amide bonds. The highest BCUT2D eigenvalue weighted by atomic mass is 16.3. The maximum absolute atomic E-state index is 5.52. The number of hydrogen-bond donors (Lipinski definition) is 1. The van der Waals surface area contributed by atoms with E-state index in [0.717, 1.165) is 12.2 Å². The Morgan fingerprint density at radius 2 is 2.31 bits per heavy atom. The molecule has 1 atom stereocenters. The molecule has 0 saturated carbocycles. The highest BCUT2D eigenvalue weighted by Gasteiger charge is 2.20. The highest BCUT2D eigenvalue weighted by Crippen LogP contribution is 2.31. The number of furan rings is 1. The van der Waals surface area contributed by atoms with Gasteiger partial charge in [-0.25, -0.2) is 0 Å². The van der Waals surface area contributed by atoms with Gasteiger partial charge in [0.2, 0.25) is 0 Å². The molecule has 88 valence electrons. The molecule has 0 bridgehead atoms. The van der Waals surface area contributed by atoms with Gasteiger partial charge in [0.25, 0.3) is 0 Å². The molecule has 0 aliphatic heterocycles. The lowest BCUT2D eigenvalue weighted by Gasteiger charge is -2.22. The molecule has 1 aromatic heterocycles.